The third-order valence-electron chi connectivity index (χ3n) is 3.40. The third kappa shape index (κ3) is 4.82. The van der Waals surface area contributed by atoms with E-state index in [4.69, 9.17) is 0 Å². The molecular formula is C17H14F2N6O2S. The van der Waals surface area contributed by atoms with Crippen molar-refractivity contribution < 1.29 is 17.2 Å². The van der Waals surface area contributed by atoms with Crippen LogP contribution >= 0.6 is 0 Å². The molecule has 28 heavy (non-hydrogen) atoms. The Morgan fingerprint density at radius 1 is 0.893 bits per heavy atom. The highest BCUT2D eigenvalue weighted by molar-refractivity contribution is 7.89. The van der Waals surface area contributed by atoms with Crippen LogP contribution in [0.3, 0.4) is 0 Å². The highest BCUT2D eigenvalue weighted by Crippen LogP contribution is 2.14. The van der Waals surface area contributed by atoms with Gasteiger partial charge in [0.1, 0.15) is 17.3 Å². The van der Waals surface area contributed by atoms with Gasteiger partial charge < -0.3 is 0 Å². The Balaban J connectivity index is 0.000000167. The van der Waals surface area contributed by atoms with E-state index < -0.39 is 15.8 Å². The molecule has 0 radical (unpaired) electrons. The zero-order valence-corrected chi connectivity index (χ0v) is 15.3. The molecule has 1 N–H and O–H groups in total. The number of H-pyrrole nitrogens is 1. The van der Waals surface area contributed by atoms with Gasteiger partial charge in [0.2, 0.25) is 0 Å². The summed E-state index contributed by atoms with van der Waals surface area (Å²) in [6.07, 6.45) is 6.21. The molecule has 0 saturated heterocycles. The summed E-state index contributed by atoms with van der Waals surface area (Å²) in [4.78, 5) is 7.67. The van der Waals surface area contributed by atoms with Crippen molar-refractivity contribution in [1.29, 1.82) is 0 Å². The fraction of sp³-hybridized carbons (Fsp3) is 0.0588. The molecule has 0 aliphatic carbocycles. The topological polar surface area (TPSA) is 106 Å². The highest BCUT2D eigenvalue weighted by atomic mass is 32.2. The molecule has 0 atom stereocenters. The summed E-state index contributed by atoms with van der Waals surface area (Å²) in [5, 5.41) is 10.3. The van der Waals surface area contributed by atoms with E-state index in [0.717, 1.165) is 22.2 Å². The second-order valence-corrected chi connectivity index (χ2v) is 7.37. The predicted octanol–water partition coefficient (Wildman–Crippen LogP) is 2.50. The molecule has 4 aromatic heterocycles. The van der Waals surface area contributed by atoms with Crippen LogP contribution < -0.4 is 0 Å². The van der Waals surface area contributed by atoms with E-state index in [0.29, 0.717) is 17.1 Å². The first-order valence-corrected chi connectivity index (χ1v) is 9.67. The van der Waals surface area contributed by atoms with E-state index in [-0.39, 0.29) is 5.82 Å². The summed E-state index contributed by atoms with van der Waals surface area (Å²) >= 11 is 0. The number of aromatic amines is 1. The van der Waals surface area contributed by atoms with E-state index >= 15 is 0 Å². The molecule has 144 valence electrons. The molecule has 0 saturated carbocycles. The minimum absolute atomic E-state index is 0.335. The van der Waals surface area contributed by atoms with Crippen molar-refractivity contribution in [2.24, 2.45) is 0 Å². The van der Waals surface area contributed by atoms with Gasteiger partial charge >= 0.3 is 0 Å². The summed E-state index contributed by atoms with van der Waals surface area (Å²) in [5.41, 5.74) is 2.28. The van der Waals surface area contributed by atoms with Crippen molar-refractivity contribution in [1.82, 2.24) is 29.4 Å². The lowest BCUT2D eigenvalue weighted by Crippen LogP contribution is -2.10. The number of halogens is 2. The average molecular weight is 404 g/mol. The normalized spacial score (nSPS) is 11.0. The van der Waals surface area contributed by atoms with Gasteiger partial charge in [0.15, 0.2) is 0 Å². The maximum absolute atomic E-state index is 12.6. The van der Waals surface area contributed by atoms with Crippen LogP contribution in [0.25, 0.3) is 22.8 Å². The SMILES string of the molecule is CS(=O)(=O)n1ccc(-c2ccc(F)cn2)n1.Fc1ccc(-c2ccn[nH]2)nc1. The quantitative estimate of drug-likeness (QED) is 0.562. The Morgan fingerprint density at radius 3 is 2.00 bits per heavy atom. The van der Waals surface area contributed by atoms with Crippen LogP contribution in [-0.4, -0.2) is 44.0 Å². The Kier molecular flexibility index (Phi) is 5.54. The minimum Gasteiger partial charge on any atom is -0.276 e. The Bertz CT molecular complexity index is 1140. The lowest BCUT2D eigenvalue weighted by molar-refractivity contribution is 0.586. The second kappa shape index (κ2) is 8.05. The first-order valence-electron chi connectivity index (χ1n) is 7.82. The molecule has 0 aromatic carbocycles. The van der Waals surface area contributed by atoms with Crippen LogP contribution in [0.2, 0.25) is 0 Å². The molecule has 8 nitrogen and oxygen atoms in total. The van der Waals surface area contributed by atoms with Gasteiger partial charge in [0, 0.05) is 12.4 Å². The van der Waals surface area contributed by atoms with E-state index in [9.17, 15) is 17.2 Å². The molecule has 0 bridgehead atoms. The Labute approximate surface area is 159 Å². The molecule has 4 aromatic rings. The zero-order chi connectivity index (χ0) is 20.1. The van der Waals surface area contributed by atoms with Gasteiger partial charge in [-0.15, -0.1) is 0 Å². The molecule has 0 unspecified atom stereocenters. The van der Waals surface area contributed by atoms with Gasteiger partial charge in [-0.2, -0.15) is 14.3 Å². The molecule has 4 heterocycles. The molecule has 4 rings (SSSR count). The summed E-state index contributed by atoms with van der Waals surface area (Å²) in [5.74, 6) is -0.787. The van der Waals surface area contributed by atoms with Gasteiger partial charge in [-0.05, 0) is 36.4 Å². The summed E-state index contributed by atoms with van der Waals surface area (Å²) in [7, 11) is -3.39. The van der Waals surface area contributed by atoms with Crippen molar-refractivity contribution >= 4 is 10.0 Å². The van der Waals surface area contributed by atoms with E-state index in [1.54, 1.807) is 18.3 Å². The number of rotatable bonds is 3. The maximum Gasteiger partial charge on any atom is 0.250 e. The zero-order valence-electron chi connectivity index (χ0n) is 14.5. The second-order valence-electron chi connectivity index (χ2n) is 5.53. The van der Waals surface area contributed by atoms with Crippen LogP contribution in [0.5, 0.6) is 0 Å². The first-order chi connectivity index (χ1) is 13.3. The van der Waals surface area contributed by atoms with Gasteiger partial charge in [0.05, 0.1) is 35.7 Å². The van der Waals surface area contributed by atoms with Crippen molar-refractivity contribution in [2.75, 3.05) is 6.26 Å². The maximum atomic E-state index is 12.6. The number of hydrogen-bond acceptors (Lipinski definition) is 6. The monoisotopic (exact) mass is 404 g/mol. The highest BCUT2D eigenvalue weighted by Gasteiger charge is 2.09. The lowest BCUT2D eigenvalue weighted by Gasteiger charge is -1.96. The smallest absolute Gasteiger partial charge is 0.250 e. The van der Waals surface area contributed by atoms with E-state index in [1.165, 1.54) is 36.7 Å². The standard InChI is InChI=1S/C9H8FN3O2S.C8H6FN3/c1-16(14,15)13-5-4-9(12-13)8-3-2-7(10)6-11-8;9-6-1-2-7(10-5-6)8-3-4-11-12-8/h2-6H,1H3;1-5H,(H,11,12). The van der Waals surface area contributed by atoms with Crippen molar-refractivity contribution in [3.8, 4) is 22.8 Å². The van der Waals surface area contributed by atoms with Crippen molar-refractivity contribution in [3.05, 3.63) is 72.8 Å². The van der Waals surface area contributed by atoms with Gasteiger partial charge in [0.25, 0.3) is 10.0 Å². The van der Waals surface area contributed by atoms with Crippen LogP contribution in [-0.2, 0) is 10.0 Å². The molecule has 11 heteroatoms. The summed E-state index contributed by atoms with van der Waals surface area (Å²) in [6.45, 7) is 0. The summed E-state index contributed by atoms with van der Waals surface area (Å²) in [6, 6.07) is 8.92. The fourth-order valence-electron chi connectivity index (χ4n) is 2.09. The number of nitrogens with zero attached hydrogens (tertiary/aromatic N) is 5. The average Bonchev–Trinajstić information content (AvgIpc) is 3.35. The fourth-order valence-corrected chi connectivity index (χ4v) is 2.61. The number of nitrogens with one attached hydrogen (secondary N) is 1. The van der Waals surface area contributed by atoms with Crippen LogP contribution in [0.4, 0.5) is 8.78 Å². The number of pyridine rings is 2. The van der Waals surface area contributed by atoms with Gasteiger partial charge in [-0.25, -0.2) is 17.2 Å². The van der Waals surface area contributed by atoms with Crippen molar-refractivity contribution in [2.45, 2.75) is 0 Å². The van der Waals surface area contributed by atoms with Crippen molar-refractivity contribution in [3.63, 3.8) is 0 Å². The van der Waals surface area contributed by atoms with Gasteiger partial charge in [-0.1, -0.05) is 0 Å². The van der Waals surface area contributed by atoms with Crippen LogP contribution in [0, 0.1) is 11.6 Å². The molecule has 0 aliphatic rings. The number of aromatic nitrogens is 6. The molecule has 0 aliphatic heterocycles. The van der Waals surface area contributed by atoms with E-state index in [1.807, 2.05) is 0 Å². The predicted molar refractivity (Wildman–Crippen MR) is 97.4 cm³/mol. The molecule has 0 spiro atoms. The largest absolute Gasteiger partial charge is 0.276 e. The number of hydrogen-bond donors (Lipinski definition) is 1. The van der Waals surface area contributed by atoms with Crippen LogP contribution in [0.15, 0.2) is 61.2 Å². The minimum atomic E-state index is -3.39. The van der Waals surface area contributed by atoms with Crippen LogP contribution in [0.1, 0.15) is 0 Å². The Morgan fingerprint density at radius 2 is 1.54 bits per heavy atom. The first kappa shape index (κ1) is 19.3. The van der Waals surface area contributed by atoms with E-state index in [2.05, 4.69) is 25.3 Å². The Hall–Kier alpha value is -3.47. The summed E-state index contributed by atoms with van der Waals surface area (Å²) < 4.78 is 48.2. The van der Waals surface area contributed by atoms with Gasteiger partial charge in [-0.3, -0.25) is 15.1 Å². The molecule has 0 amide bonds. The third-order valence-corrected chi connectivity index (χ3v) is 4.28. The lowest BCUT2D eigenvalue weighted by atomic mass is 10.3. The molecular weight excluding hydrogens is 390 g/mol. The molecule has 0 fully saturated rings.